The molecule has 8 nitrogen and oxygen atoms in total. The molecule has 0 saturated heterocycles. The standard InChI is InChI=1S/C21H37N3O5/c1-4-5-6-7-8-11-20(25)24(13-10-15-28-3)16-19-23-18(17-29-19)21(26)22-12-9-14-27-2/h17H,4-16H2,1-3H3,(H,22,26). The van der Waals surface area contributed by atoms with E-state index in [-0.39, 0.29) is 24.1 Å². The van der Waals surface area contributed by atoms with Crippen LogP contribution in [-0.4, -0.2) is 62.2 Å². The maximum absolute atomic E-state index is 12.6. The van der Waals surface area contributed by atoms with Gasteiger partial charge in [0.2, 0.25) is 11.8 Å². The molecule has 1 rings (SSSR count). The van der Waals surface area contributed by atoms with Crippen LogP contribution < -0.4 is 5.32 Å². The van der Waals surface area contributed by atoms with Crippen LogP contribution >= 0.6 is 0 Å². The van der Waals surface area contributed by atoms with Crippen molar-refractivity contribution in [2.75, 3.05) is 40.5 Å². The van der Waals surface area contributed by atoms with Crippen molar-refractivity contribution in [3.63, 3.8) is 0 Å². The van der Waals surface area contributed by atoms with Gasteiger partial charge in [0.05, 0.1) is 6.54 Å². The number of rotatable bonds is 17. The van der Waals surface area contributed by atoms with E-state index in [1.165, 1.54) is 19.1 Å². The highest BCUT2D eigenvalue weighted by Crippen LogP contribution is 2.11. The van der Waals surface area contributed by atoms with Gasteiger partial charge in [-0.15, -0.1) is 0 Å². The first-order chi connectivity index (χ1) is 14.1. The lowest BCUT2D eigenvalue weighted by molar-refractivity contribution is -0.132. The molecular weight excluding hydrogens is 374 g/mol. The Bertz CT molecular complexity index is 576. The molecule has 8 heteroatoms. The summed E-state index contributed by atoms with van der Waals surface area (Å²) in [5, 5.41) is 2.77. The fourth-order valence-corrected chi connectivity index (χ4v) is 2.89. The van der Waals surface area contributed by atoms with E-state index in [4.69, 9.17) is 13.9 Å². The van der Waals surface area contributed by atoms with Gasteiger partial charge in [0.15, 0.2) is 5.69 Å². The van der Waals surface area contributed by atoms with E-state index in [2.05, 4.69) is 17.2 Å². The summed E-state index contributed by atoms with van der Waals surface area (Å²) in [5.74, 6) is 0.162. The second kappa shape index (κ2) is 15.9. The molecule has 1 heterocycles. The van der Waals surface area contributed by atoms with Crippen molar-refractivity contribution in [1.29, 1.82) is 0 Å². The van der Waals surface area contributed by atoms with Gasteiger partial charge < -0.3 is 24.1 Å². The van der Waals surface area contributed by atoms with Gasteiger partial charge >= 0.3 is 0 Å². The van der Waals surface area contributed by atoms with E-state index in [1.807, 2.05) is 0 Å². The summed E-state index contributed by atoms with van der Waals surface area (Å²) in [6, 6.07) is 0. The minimum atomic E-state index is -0.288. The molecule has 0 unspecified atom stereocenters. The summed E-state index contributed by atoms with van der Waals surface area (Å²) in [5.41, 5.74) is 0.223. The van der Waals surface area contributed by atoms with Crippen molar-refractivity contribution in [2.45, 2.75) is 64.8 Å². The Morgan fingerprint density at radius 2 is 1.79 bits per heavy atom. The van der Waals surface area contributed by atoms with E-state index >= 15 is 0 Å². The van der Waals surface area contributed by atoms with E-state index < -0.39 is 0 Å². The molecule has 1 aromatic rings. The van der Waals surface area contributed by atoms with E-state index in [0.717, 1.165) is 32.1 Å². The van der Waals surface area contributed by atoms with Crippen LogP contribution in [0.2, 0.25) is 0 Å². The quantitative estimate of drug-likeness (QED) is 0.396. The fraction of sp³-hybridized carbons (Fsp3) is 0.762. The average molecular weight is 412 g/mol. The molecule has 0 aliphatic rings. The third-order valence-electron chi connectivity index (χ3n) is 4.54. The van der Waals surface area contributed by atoms with Crippen LogP contribution in [0.15, 0.2) is 10.7 Å². The van der Waals surface area contributed by atoms with Gasteiger partial charge in [-0.25, -0.2) is 4.98 Å². The zero-order valence-electron chi connectivity index (χ0n) is 18.2. The monoisotopic (exact) mass is 411 g/mol. The topological polar surface area (TPSA) is 93.9 Å². The predicted molar refractivity (Wildman–Crippen MR) is 111 cm³/mol. The van der Waals surface area contributed by atoms with Gasteiger partial charge in [0, 0.05) is 46.9 Å². The zero-order chi connectivity index (χ0) is 21.3. The first-order valence-corrected chi connectivity index (χ1v) is 10.6. The third-order valence-corrected chi connectivity index (χ3v) is 4.54. The molecule has 0 aliphatic carbocycles. The Morgan fingerprint density at radius 1 is 1.07 bits per heavy atom. The molecule has 0 aromatic carbocycles. The van der Waals surface area contributed by atoms with Gasteiger partial charge in [-0.1, -0.05) is 32.6 Å². The molecular formula is C21H37N3O5. The summed E-state index contributed by atoms with van der Waals surface area (Å²) < 4.78 is 15.5. The number of aromatic nitrogens is 1. The first kappa shape index (κ1) is 25.1. The van der Waals surface area contributed by atoms with Gasteiger partial charge in [-0.05, 0) is 19.3 Å². The highest BCUT2D eigenvalue weighted by molar-refractivity contribution is 5.91. The van der Waals surface area contributed by atoms with Crippen molar-refractivity contribution in [2.24, 2.45) is 0 Å². The number of ether oxygens (including phenoxy) is 2. The molecule has 1 N–H and O–H groups in total. The predicted octanol–water partition coefficient (Wildman–Crippen LogP) is 3.17. The number of nitrogens with one attached hydrogen (secondary N) is 1. The lowest BCUT2D eigenvalue weighted by Crippen LogP contribution is -2.32. The van der Waals surface area contributed by atoms with Crippen molar-refractivity contribution < 1.29 is 23.5 Å². The SMILES string of the molecule is CCCCCCCC(=O)N(CCCOC)Cc1nc(C(=O)NCCCOC)co1. The summed E-state index contributed by atoms with van der Waals surface area (Å²) in [7, 11) is 3.27. The van der Waals surface area contributed by atoms with Crippen LogP contribution in [0.25, 0.3) is 0 Å². The number of hydrogen-bond acceptors (Lipinski definition) is 6. The minimum Gasteiger partial charge on any atom is -0.446 e. The molecule has 1 aromatic heterocycles. The Morgan fingerprint density at radius 3 is 2.52 bits per heavy atom. The van der Waals surface area contributed by atoms with Crippen molar-refractivity contribution in [3.05, 3.63) is 17.8 Å². The highest BCUT2D eigenvalue weighted by atomic mass is 16.5. The smallest absolute Gasteiger partial charge is 0.273 e. The molecule has 0 radical (unpaired) electrons. The van der Waals surface area contributed by atoms with E-state index in [0.29, 0.717) is 38.6 Å². The number of hydrogen-bond donors (Lipinski definition) is 1. The molecule has 29 heavy (non-hydrogen) atoms. The van der Waals surface area contributed by atoms with Crippen LogP contribution in [0.4, 0.5) is 0 Å². The fourth-order valence-electron chi connectivity index (χ4n) is 2.89. The normalized spacial score (nSPS) is 10.9. The number of unbranched alkanes of at least 4 members (excludes halogenated alkanes) is 4. The first-order valence-electron chi connectivity index (χ1n) is 10.6. The number of nitrogens with zero attached hydrogens (tertiary/aromatic N) is 2. The highest BCUT2D eigenvalue weighted by Gasteiger charge is 2.18. The van der Waals surface area contributed by atoms with Crippen LogP contribution in [0, 0.1) is 0 Å². The third kappa shape index (κ3) is 11.0. The zero-order valence-corrected chi connectivity index (χ0v) is 18.2. The second-order valence-electron chi connectivity index (χ2n) is 7.05. The lowest BCUT2D eigenvalue weighted by atomic mass is 10.1. The molecule has 0 saturated carbocycles. The second-order valence-corrected chi connectivity index (χ2v) is 7.05. The van der Waals surface area contributed by atoms with Crippen LogP contribution in [0.1, 0.15) is 74.7 Å². The van der Waals surface area contributed by atoms with Gasteiger partial charge in [-0.3, -0.25) is 9.59 Å². The number of carbonyl (C=O) groups excluding carboxylic acids is 2. The molecule has 0 spiro atoms. The maximum Gasteiger partial charge on any atom is 0.273 e. The Balaban J connectivity index is 2.55. The molecule has 0 fully saturated rings. The molecule has 166 valence electrons. The lowest BCUT2D eigenvalue weighted by Gasteiger charge is -2.21. The number of methoxy groups -OCH3 is 2. The molecule has 0 aliphatic heterocycles. The van der Waals surface area contributed by atoms with Crippen LogP contribution in [0.3, 0.4) is 0 Å². The van der Waals surface area contributed by atoms with Crippen molar-refractivity contribution in [3.8, 4) is 0 Å². The van der Waals surface area contributed by atoms with Crippen molar-refractivity contribution in [1.82, 2.24) is 15.2 Å². The summed E-state index contributed by atoms with van der Waals surface area (Å²) in [4.78, 5) is 30.7. The van der Waals surface area contributed by atoms with Crippen LogP contribution in [-0.2, 0) is 20.8 Å². The Labute approximate surface area is 174 Å². The number of carbonyl (C=O) groups is 2. The molecule has 2 amide bonds. The number of amides is 2. The van der Waals surface area contributed by atoms with Crippen LogP contribution in [0.5, 0.6) is 0 Å². The van der Waals surface area contributed by atoms with Gasteiger partial charge in [-0.2, -0.15) is 0 Å². The summed E-state index contributed by atoms with van der Waals surface area (Å²) in [6.45, 7) is 4.68. The van der Waals surface area contributed by atoms with Gasteiger partial charge in [0.1, 0.15) is 6.26 Å². The summed E-state index contributed by atoms with van der Waals surface area (Å²) in [6.07, 6.45) is 8.84. The average Bonchev–Trinajstić information content (AvgIpc) is 3.19. The Kier molecular flexibility index (Phi) is 13.8. The maximum atomic E-state index is 12.6. The van der Waals surface area contributed by atoms with E-state index in [1.54, 1.807) is 19.1 Å². The van der Waals surface area contributed by atoms with Crippen molar-refractivity contribution >= 4 is 11.8 Å². The summed E-state index contributed by atoms with van der Waals surface area (Å²) >= 11 is 0. The molecule has 0 bridgehead atoms. The van der Waals surface area contributed by atoms with E-state index in [9.17, 15) is 9.59 Å². The van der Waals surface area contributed by atoms with Gasteiger partial charge in [0.25, 0.3) is 5.91 Å². The minimum absolute atomic E-state index is 0.0846. The number of oxazole rings is 1. The molecule has 0 atom stereocenters. The Hall–Kier alpha value is -1.93. The largest absolute Gasteiger partial charge is 0.446 e.